The Labute approximate surface area is 116 Å². The Morgan fingerprint density at radius 1 is 1.26 bits per heavy atom. The molecule has 0 aromatic heterocycles. The van der Waals surface area contributed by atoms with Crippen LogP contribution in [0.5, 0.6) is 0 Å². The van der Waals surface area contributed by atoms with Gasteiger partial charge in [0.2, 0.25) is 0 Å². The molecule has 1 amide bonds. The van der Waals surface area contributed by atoms with Crippen LogP contribution < -0.4 is 16.8 Å². The van der Waals surface area contributed by atoms with Gasteiger partial charge in [0.25, 0.3) is 5.91 Å². The van der Waals surface area contributed by atoms with Crippen LogP contribution in [0.15, 0.2) is 36.4 Å². The molecule has 0 unspecified atom stereocenters. The number of carbonyl (C=O) groups excluding carboxylic acids is 1. The summed E-state index contributed by atoms with van der Waals surface area (Å²) in [7, 11) is 0. The van der Waals surface area contributed by atoms with Crippen molar-refractivity contribution in [3.63, 3.8) is 0 Å². The van der Waals surface area contributed by atoms with Crippen molar-refractivity contribution >= 4 is 34.6 Å². The molecule has 2 rings (SSSR count). The second-order valence-corrected chi connectivity index (χ2v) is 4.61. The molecule has 4 nitrogen and oxygen atoms in total. The summed E-state index contributed by atoms with van der Waals surface area (Å²) in [5.41, 5.74) is 14.1. The van der Waals surface area contributed by atoms with Crippen molar-refractivity contribution in [3.05, 3.63) is 52.5 Å². The number of anilines is 3. The van der Waals surface area contributed by atoms with Gasteiger partial charge in [-0.15, -0.1) is 0 Å². The lowest BCUT2D eigenvalue weighted by molar-refractivity contribution is 0.100. The van der Waals surface area contributed by atoms with Crippen LogP contribution in [0.3, 0.4) is 0 Å². The predicted molar refractivity (Wildman–Crippen MR) is 78.8 cm³/mol. The third-order valence-electron chi connectivity index (χ3n) is 2.87. The molecule has 0 bridgehead atoms. The summed E-state index contributed by atoms with van der Waals surface area (Å²) in [6, 6.07) is 10.6. The number of hydrogen-bond donors (Lipinski definition) is 3. The van der Waals surface area contributed by atoms with E-state index in [-0.39, 0.29) is 0 Å². The molecule has 0 saturated heterocycles. The van der Waals surface area contributed by atoms with E-state index >= 15 is 0 Å². The summed E-state index contributed by atoms with van der Waals surface area (Å²) in [5, 5.41) is 3.86. The van der Waals surface area contributed by atoms with Gasteiger partial charge in [-0.2, -0.15) is 0 Å². The molecule has 0 saturated carbocycles. The number of amides is 1. The summed E-state index contributed by atoms with van der Waals surface area (Å²) in [5.74, 6) is -0.552. The molecule has 2 aromatic carbocycles. The molecule has 0 aliphatic heterocycles. The van der Waals surface area contributed by atoms with E-state index in [2.05, 4.69) is 5.32 Å². The van der Waals surface area contributed by atoms with Crippen LogP contribution in [-0.4, -0.2) is 5.91 Å². The third kappa shape index (κ3) is 2.80. The quantitative estimate of drug-likeness (QED) is 0.753. The lowest BCUT2D eigenvalue weighted by Gasteiger charge is -2.12. The Morgan fingerprint density at radius 2 is 2.00 bits per heavy atom. The highest BCUT2D eigenvalue weighted by Crippen LogP contribution is 2.27. The number of carbonyl (C=O) groups is 1. The molecular weight excluding hydrogens is 262 g/mol. The minimum Gasteiger partial charge on any atom is -0.398 e. The Hall–Kier alpha value is -2.20. The SMILES string of the molecule is Cc1c(Cl)cccc1Nc1ccc(N)c(C(N)=O)c1. The normalized spacial score (nSPS) is 10.2. The summed E-state index contributed by atoms with van der Waals surface area (Å²) >= 11 is 6.05. The first kappa shape index (κ1) is 13.2. The zero-order valence-corrected chi connectivity index (χ0v) is 11.2. The Morgan fingerprint density at radius 3 is 2.68 bits per heavy atom. The zero-order chi connectivity index (χ0) is 14.0. The van der Waals surface area contributed by atoms with E-state index in [0.717, 1.165) is 16.9 Å². The van der Waals surface area contributed by atoms with Gasteiger partial charge in [0.15, 0.2) is 0 Å². The number of nitrogen functional groups attached to an aromatic ring is 1. The average Bonchev–Trinajstić information content (AvgIpc) is 2.37. The first-order valence-corrected chi connectivity index (χ1v) is 6.08. The number of primary amides is 1. The van der Waals surface area contributed by atoms with Crippen molar-refractivity contribution in [2.45, 2.75) is 6.92 Å². The molecular formula is C14H14ClN3O. The van der Waals surface area contributed by atoms with Gasteiger partial charge in [-0.3, -0.25) is 4.79 Å². The largest absolute Gasteiger partial charge is 0.398 e. The third-order valence-corrected chi connectivity index (χ3v) is 3.27. The van der Waals surface area contributed by atoms with E-state index in [4.69, 9.17) is 23.1 Å². The smallest absolute Gasteiger partial charge is 0.250 e. The number of nitrogens with one attached hydrogen (secondary N) is 1. The van der Waals surface area contributed by atoms with E-state index in [1.165, 1.54) is 0 Å². The van der Waals surface area contributed by atoms with Crippen LogP contribution in [0, 0.1) is 6.92 Å². The lowest BCUT2D eigenvalue weighted by Crippen LogP contribution is -2.13. The number of halogens is 1. The predicted octanol–water partition coefficient (Wildman–Crippen LogP) is 3.07. The lowest BCUT2D eigenvalue weighted by atomic mass is 10.1. The van der Waals surface area contributed by atoms with Gasteiger partial charge in [-0.05, 0) is 42.8 Å². The first-order valence-electron chi connectivity index (χ1n) is 5.70. The fourth-order valence-electron chi connectivity index (χ4n) is 1.75. The molecule has 98 valence electrons. The van der Waals surface area contributed by atoms with Gasteiger partial charge in [-0.25, -0.2) is 0 Å². The van der Waals surface area contributed by atoms with Gasteiger partial charge in [-0.1, -0.05) is 17.7 Å². The maximum absolute atomic E-state index is 11.2. The van der Waals surface area contributed by atoms with Crippen molar-refractivity contribution in [2.24, 2.45) is 5.73 Å². The number of rotatable bonds is 3. The summed E-state index contributed by atoms with van der Waals surface area (Å²) in [6.07, 6.45) is 0. The molecule has 5 heteroatoms. The Balaban J connectivity index is 2.36. The Bertz CT molecular complexity index is 641. The van der Waals surface area contributed by atoms with Gasteiger partial charge < -0.3 is 16.8 Å². The Kier molecular flexibility index (Phi) is 3.62. The monoisotopic (exact) mass is 275 g/mol. The van der Waals surface area contributed by atoms with Crippen LogP contribution in [-0.2, 0) is 0 Å². The average molecular weight is 276 g/mol. The number of benzene rings is 2. The fourth-order valence-corrected chi connectivity index (χ4v) is 1.92. The highest BCUT2D eigenvalue weighted by Gasteiger charge is 2.08. The van der Waals surface area contributed by atoms with Crippen molar-refractivity contribution in [1.82, 2.24) is 0 Å². The first-order chi connectivity index (χ1) is 8.99. The van der Waals surface area contributed by atoms with Crippen LogP contribution in [0.4, 0.5) is 17.1 Å². The van der Waals surface area contributed by atoms with Crippen LogP contribution >= 0.6 is 11.6 Å². The summed E-state index contributed by atoms with van der Waals surface area (Å²) < 4.78 is 0. The second kappa shape index (κ2) is 5.20. The van der Waals surface area contributed by atoms with Gasteiger partial charge in [0, 0.05) is 22.1 Å². The van der Waals surface area contributed by atoms with E-state index in [9.17, 15) is 4.79 Å². The molecule has 2 aromatic rings. The number of nitrogens with two attached hydrogens (primary N) is 2. The summed E-state index contributed by atoms with van der Waals surface area (Å²) in [6.45, 7) is 1.91. The fraction of sp³-hybridized carbons (Fsp3) is 0.0714. The van der Waals surface area contributed by atoms with E-state index < -0.39 is 5.91 Å². The molecule has 0 atom stereocenters. The standard InChI is InChI=1S/C14H14ClN3O/c1-8-11(15)3-2-4-13(8)18-9-5-6-12(16)10(7-9)14(17)19/h2-7,18H,16H2,1H3,(H2,17,19). The van der Waals surface area contributed by atoms with Crippen molar-refractivity contribution in [1.29, 1.82) is 0 Å². The van der Waals surface area contributed by atoms with Gasteiger partial charge in [0.05, 0.1) is 5.56 Å². The van der Waals surface area contributed by atoms with Gasteiger partial charge in [0.1, 0.15) is 0 Å². The minimum absolute atomic E-state index is 0.296. The molecule has 0 radical (unpaired) electrons. The van der Waals surface area contributed by atoms with E-state index in [0.29, 0.717) is 16.3 Å². The highest BCUT2D eigenvalue weighted by molar-refractivity contribution is 6.31. The zero-order valence-electron chi connectivity index (χ0n) is 10.4. The molecule has 19 heavy (non-hydrogen) atoms. The molecule has 0 spiro atoms. The second-order valence-electron chi connectivity index (χ2n) is 4.20. The van der Waals surface area contributed by atoms with Crippen LogP contribution in [0.25, 0.3) is 0 Å². The highest BCUT2D eigenvalue weighted by atomic mass is 35.5. The van der Waals surface area contributed by atoms with Crippen LogP contribution in [0.2, 0.25) is 5.02 Å². The molecule has 0 aliphatic carbocycles. The van der Waals surface area contributed by atoms with Gasteiger partial charge >= 0.3 is 0 Å². The van der Waals surface area contributed by atoms with Crippen molar-refractivity contribution in [3.8, 4) is 0 Å². The van der Waals surface area contributed by atoms with E-state index in [1.54, 1.807) is 18.2 Å². The number of hydrogen-bond acceptors (Lipinski definition) is 3. The van der Waals surface area contributed by atoms with E-state index in [1.807, 2.05) is 25.1 Å². The molecule has 0 aliphatic rings. The van der Waals surface area contributed by atoms with Crippen molar-refractivity contribution < 1.29 is 4.79 Å². The maximum atomic E-state index is 11.2. The topological polar surface area (TPSA) is 81.1 Å². The molecule has 0 heterocycles. The molecule has 5 N–H and O–H groups in total. The minimum atomic E-state index is -0.552. The van der Waals surface area contributed by atoms with Crippen LogP contribution in [0.1, 0.15) is 15.9 Å². The van der Waals surface area contributed by atoms with Crippen molar-refractivity contribution in [2.75, 3.05) is 11.1 Å². The maximum Gasteiger partial charge on any atom is 0.250 e. The molecule has 0 fully saturated rings. The summed E-state index contributed by atoms with van der Waals surface area (Å²) in [4.78, 5) is 11.2.